The van der Waals surface area contributed by atoms with Gasteiger partial charge in [-0.05, 0) is 44.2 Å². The van der Waals surface area contributed by atoms with E-state index in [9.17, 15) is 4.79 Å². The molecule has 1 saturated heterocycles. The fourth-order valence-corrected chi connectivity index (χ4v) is 1.96. The molecule has 1 atom stereocenters. The first-order valence-electron chi connectivity index (χ1n) is 6.16. The summed E-state index contributed by atoms with van der Waals surface area (Å²) in [5.41, 5.74) is 0. The van der Waals surface area contributed by atoms with E-state index < -0.39 is 0 Å². The monoisotopic (exact) mass is 212 g/mol. The van der Waals surface area contributed by atoms with Crippen molar-refractivity contribution in [2.24, 2.45) is 11.8 Å². The molecular formula is C12H24N2O. The molecule has 2 N–H and O–H groups in total. The van der Waals surface area contributed by atoms with Crippen molar-refractivity contribution in [3.63, 3.8) is 0 Å². The summed E-state index contributed by atoms with van der Waals surface area (Å²) in [5.74, 6) is 1.53. The van der Waals surface area contributed by atoms with Gasteiger partial charge in [0, 0.05) is 13.0 Å². The number of hydrogen-bond acceptors (Lipinski definition) is 2. The van der Waals surface area contributed by atoms with Crippen molar-refractivity contribution in [2.45, 2.75) is 39.5 Å². The summed E-state index contributed by atoms with van der Waals surface area (Å²) in [7, 11) is 0. The van der Waals surface area contributed by atoms with E-state index in [2.05, 4.69) is 24.5 Å². The van der Waals surface area contributed by atoms with Crippen LogP contribution in [0.25, 0.3) is 0 Å². The summed E-state index contributed by atoms with van der Waals surface area (Å²) >= 11 is 0. The topological polar surface area (TPSA) is 41.1 Å². The lowest BCUT2D eigenvalue weighted by molar-refractivity contribution is -0.121. The Labute approximate surface area is 93.0 Å². The second-order valence-electron chi connectivity index (χ2n) is 4.95. The van der Waals surface area contributed by atoms with Crippen LogP contribution in [0, 0.1) is 11.8 Å². The smallest absolute Gasteiger partial charge is 0.220 e. The highest BCUT2D eigenvalue weighted by atomic mass is 16.1. The summed E-state index contributed by atoms with van der Waals surface area (Å²) in [6.07, 6.45) is 4.16. The molecule has 3 nitrogen and oxygen atoms in total. The highest BCUT2D eigenvalue weighted by molar-refractivity contribution is 5.76. The summed E-state index contributed by atoms with van der Waals surface area (Å²) in [6, 6.07) is 0. The Morgan fingerprint density at radius 3 is 2.93 bits per heavy atom. The number of rotatable bonds is 6. The zero-order valence-corrected chi connectivity index (χ0v) is 10.0. The van der Waals surface area contributed by atoms with Gasteiger partial charge in [-0.2, -0.15) is 0 Å². The van der Waals surface area contributed by atoms with Crippen LogP contribution in [0.4, 0.5) is 0 Å². The summed E-state index contributed by atoms with van der Waals surface area (Å²) in [4.78, 5) is 11.5. The molecule has 0 saturated carbocycles. The molecule has 1 heterocycles. The van der Waals surface area contributed by atoms with Crippen LogP contribution < -0.4 is 10.6 Å². The van der Waals surface area contributed by atoms with Crippen LogP contribution in [0.15, 0.2) is 0 Å². The highest BCUT2D eigenvalue weighted by Crippen LogP contribution is 2.11. The minimum Gasteiger partial charge on any atom is -0.356 e. The number of carbonyl (C=O) groups excluding carboxylic acids is 1. The Kier molecular flexibility index (Phi) is 5.69. The zero-order chi connectivity index (χ0) is 11.1. The van der Waals surface area contributed by atoms with Crippen molar-refractivity contribution >= 4 is 5.91 Å². The fourth-order valence-electron chi connectivity index (χ4n) is 1.96. The lowest BCUT2D eigenvalue weighted by atomic mass is 10.0. The van der Waals surface area contributed by atoms with Gasteiger partial charge in [0.1, 0.15) is 0 Å². The third kappa shape index (κ3) is 5.78. The first-order chi connectivity index (χ1) is 7.18. The maximum atomic E-state index is 11.5. The molecule has 0 aromatic carbocycles. The molecule has 0 aromatic heterocycles. The molecule has 1 unspecified atom stereocenters. The van der Waals surface area contributed by atoms with Crippen molar-refractivity contribution < 1.29 is 4.79 Å². The van der Waals surface area contributed by atoms with E-state index in [4.69, 9.17) is 0 Å². The van der Waals surface area contributed by atoms with E-state index in [1.54, 1.807) is 0 Å². The molecule has 88 valence electrons. The van der Waals surface area contributed by atoms with E-state index >= 15 is 0 Å². The Morgan fingerprint density at radius 2 is 2.33 bits per heavy atom. The van der Waals surface area contributed by atoms with Gasteiger partial charge in [0.15, 0.2) is 0 Å². The van der Waals surface area contributed by atoms with Crippen LogP contribution in [0.3, 0.4) is 0 Å². The molecule has 1 amide bonds. The van der Waals surface area contributed by atoms with Crippen LogP contribution in [0.5, 0.6) is 0 Å². The third-order valence-electron chi connectivity index (χ3n) is 2.92. The van der Waals surface area contributed by atoms with Gasteiger partial charge in [0.25, 0.3) is 0 Å². The van der Waals surface area contributed by atoms with Gasteiger partial charge >= 0.3 is 0 Å². The molecule has 3 heteroatoms. The van der Waals surface area contributed by atoms with E-state index in [0.717, 1.165) is 38.4 Å². The summed E-state index contributed by atoms with van der Waals surface area (Å²) < 4.78 is 0. The first-order valence-corrected chi connectivity index (χ1v) is 6.16. The highest BCUT2D eigenvalue weighted by Gasteiger charge is 2.17. The minimum absolute atomic E-state index is 0.229. The van der Waals surface area contributed by atoms with Gasteiger partial charge in [-0.15, -0.1) is 0 Å². The lowest BCUT2D eigenvalue weighted by Crippen LogP contribution is -2.27. The Bertz CT molecular complexity index is 186. The van der Waals surface area contributed by atoms with Crippen molar-refractivity contribution in [3.05, 3.63) is 0 Å². The molecule has 0 aromatic rings. The van der Waals surface area contributed by atoms with E-state index in [0.29, 0.717) is 12.3 Å². The molecular weight excluding hydrogens is 188 g/mol. The Morgan fingerprint density at radius 1 is 1.53 bits per heavy atom. The third-order valence-corrected chi connectivity index (χ3v) is 2.92. The predicted molar refractivity (Wildman–Crippen MR) is 62.7 cm³/mol. The van der Waals surface area contributed by atoms with Gasteiger partial charge < -0.3 is 10.6 Å². The van der Waals surface area contributed by atoms with Crippen molar-refractivity contribution in [2.75, 3.05) is 19.6 Å². The largest absolute Gasteiger partial charge is 0.356 e. The average molecular weight is 212 g/mol. The maximum Gasteiger partial charge on any atom is 0.220 e. The average Bonchev–Trinajstić information content (AvgIpc) is 2.64. The molecule has 1 aliphatic rings. The molecule has 1 aliphatic heterocycles. The van der Waals surface area contributed by atoms with Crippen LogP contribution in [0.1, 0.15) is 39.5 Å². The standard InChI is InChI=1S/C12H24N2O/c1-10(2)4-3-6-14-12(15)8-11-5-7-13-9-11/h10-11,13H,3-9H2,1-2H3,(H,14,15). The fraction of sp³-hybridized carbons (Fsp3) is 0.917. The molecule has 0 spiro atoms. The number of nitrogens with one attached hydrogen (secondary N) is 2. The van der Waals surface area contributed by atoms with Crippen LogP contribution in [0.2, 0.25) is 0 Å². The zero-order valence-electron chi connectivity index (χ0n) is 10.0. The molecule has 0 aliphatic carbocycles. The number of amides is 1. The molecule has 0 bridgehead atoms. The van der Waals surface area contributed by atoms with Gasteiger partial charge in [-0.3, -0.25) is 4.79 Å². The first kappa shape index (κ1) is 12.5. The molecule has 1 rings (SSSR count). The van der Waals surface area contributed by atoms with Crippen LogP contribution in [-0.4, -0.2) is 25.5 Å². The van der Waals surface area contributed by atoms with E-state index in [1.807, 2.05) is 0 Å². The maximum absolute atomic E-state index is 11.5. The normalized spacial score (nSPS) is 20.9. The second-order valence-corrected chi connectivity index (χ2v) is 4.95. The van der Waals surface area contributed by atoms with E-state index in [-0.39, 0.29) is 5.91 Å². The van der Waals surface area contributed by atoms with E-state index in [1.165, 1.54) is 6.42 Å². The van der Waals surface area contributed by atoms with Gasteiger partial charge in [0.05, 0.1) is 0 Å². The van der Waals surface area contributed by atoms with Crippen molar-refractivity contribution in [1.29, 1.82) is 0 Å². The quantitative estimate of drug-likeness (QED) is 0.656. The molecule has 15 heavy (non-hydrogen) atoms. The minimum atomic E-state index is 0.229. The number of carbonyl (C=O) groups is 1. The molecule has 0 radical (unpaired) electrons. The lowest BCUT2D eigenvalue weighted by Gasteiger charge is -2.09. The second kappa shape index (κ2) is 6.83. The SMILES string of the molecule is CC(C)CCCNC(=O)CC1CCNC1. The Balaban J connectivity index is 1.98. The number of hydrogen-bond donors (Lipinski definition) is 2. The van der Waals surface area contributed by atoms with Crippen molar-refractivity contribution in [3.8, 4) is 0 Å². The van der Waals surface area contributed by atoms with Gasteiger partial charge in [0.2, 0.25) is 5.91 Å². The molecule has 1 fully saturated rings. The predicted octanol–water partition coefficient (Wildman–Crippen LogP) is 1.54. The van der Waals surface area contributed by atoms with Crippen LogP contribution >= 0.6 is 0 Å². The van der Waals surface area contributed by atoms with Crippen LogP contribution in [-0.2, 0) is 4.79 Å². The van der Waals surface area contributed by atoms with Gasteiger partial charge in [-0.1, -0.05) is 13.8 Å². The van der Waals surface area contributed by atoms with Crippen molar-refractivity contribution in [1.82, 2.24) is 10.6 Å². The Hall–Kier alpha value is -0.570. The van der Waals surface area contributed by atoms with Gasteiger partial charge in [-0.25, -0.2) is 0 Å². The summed E-state index contributed by atoms with van der Waals surface area (Å²) in [6.45, 7) is 7.36. The summed E-state index contributed by atoms with van der Waals surface area (Å²) in [5, 5.41) is 6.28.